The topological polar surface area (TPSA) is 32.7 Å². The Morgan fingerprint density at radius 1 is 1.30 bits per heavy atom. The highest BCUT2D eigenvalue weighted by Crippen LogP contribution is 2.26. The summed E-state index contributed by atoms with van der Waals surface area (Å²) in [5.74, 6) is 0.973. The molecule has 0 radical (unpaired) electrons. The minimum absolute atomic E-state index is 0.316. The normalized spacial score (nSPS) is 19.2. The van der Waals surface area contributed by atoms with E-state index >= 15 is 0 Å². The van der Waals surface area contributed by atoms with Crippen LogP contribution in [0.5, 0.6) is 5.75 Å². The van der Waals surface area contributed by atoms with E-state index in [2.05, 4.69) is 18.7 Å². The fraction of sp³-hybridized carbons (Fsp3) is 0.625. The minimum Gasteiger partial charge on any atom is -0.489 e. The molecule has 1 aliphatic rings. The van der Waals surface area contributed by atoms with E-state index in [1.165, 1.54) is 0 Å². The number of likely N-dealkylation sites (tertiary alicyclic amines) is 1. The highest BCUT2D eigenvalue weighted by molar-refractivity contribution is 6.32. The molecule has 1 aromatic rings. The Labute approximate surface area is 126 Å². The van der Waals surface area contributed by atoms with Crippen LogP contribution >= 0.6 is 11.6 Å². The van der Waals surface area contributed by atoms with Crippen molar-refractivity contribution in [3.8, 4) is 5.75 Å². The molecular weight excluding hydrogens is 274 g/mol. The smallest absolute Gasteiger partial charge is 0.138 e. The van der Waals surface area contributed by atoms with Crippen LogP contribution in [0.1, 0.15) is 26.7 Å². The maximum Gasteiger partial charge on any atom is 0.138 e. The van der Waals surface area contributed by atoms with Gasteiger partial charge in [0.15, 0.2) is 0 Å². The number of piperidine rings is 1. The number of hydrogen-bond donors (Lipinski definition) is 1. The quantitative estimate of drug-likeness (QED) is 0.906. The molecule has 2 rings (SSSR count). The maximum atomic E-state index is 10.3. The Morgan fingerprint density at radius 2 is 1.95 bits per heavy atom. The molecule has 0 saturated carbocycles. The van der Waals surface area contributed by atoms with E-state index in [1.807, 2.05) is 18.2 Å². The van der Waals surface area contributed by atoms with Gasteiger partial charge in [0.05, 0.1) is 11.1 Å². The molecule has 1 atom stereocenters. The largest absolute Gasteiger partial charge is 0.489 e. The lowest BCUT2D eigenvalue weighted by Gasteiger charge is -2.36. The zero-order chi connectivity index (χ0) is 14.5. The van der Waals surface area contributed by atoms with E-state index in [-0.39, 0.29) is 0 Å². The van der Waals surface area contributed by atoms with Crippen LogP contribution in [-0.2, 0) is 0 Å². The summed E-state index contributed by atoms with van der Waals surface area (Å²) in [7, 11) is 0. The fourth-order valence-electron chi connectivity index (χ4n) is 2.69. The summed E-state index contributed by atoms with van der Waals surface area (Å²) in [6.45, 7) is 6.88. The monoisotopic (exact) mass is 297 g/mol. The Bertz CT molecular complexity index is 417. The van der Waals surface area contributed by atoms with Crippen LogP contribution in [0.15, 0.2) is 24.3 Å². The zero-order valence-corrected chi connectivity index (χ0v) is 13.0. The number of rotatable bonds is 5. The number of benzene rings is 1. The molecule has 0 aromatic heterocycles. The van der Waals surface area contributed by atoms with Gasteiger partial charge in [0, 0.05) is 6.04 Å². The first-order valence-corrected chi connectivity index (χ1v) is 7.75. The molecule has 0 bridgehead atoms. The highest BCUT2D eigenvalue weighted by atomic mass is 35.5. The van der Waals surface area contributed by atoms with E-state index in [0.29, 0.717) is 29.3 Å². The Kier molecular flexibility index (Phi) is 5.70. The van der Waals surface area contributed by atoms with Crippen LogP contribution in [0.3, 0.4) is 0 Å². The lowest BCUT2D eigenvalue weighted by molar-refractivity contribution is 0.0205. The van der Waals surface area contributed by atoms with Crippen molar-refractivity contribution in [1.82, 2.24) is 4.90 Å². The summed E-state index contributed by atoms with van der Waals surface area (Å²) in [4.78, 5) is 2.46. The second kappa shape index (κ2) is 7.30. The molecule has 20 heavy (non-hydrogen) atoms. The van der Waals surface area contributed by atoms with E-state index < -0.39 is 6.10 Å². The summed E-state index contributed by atoms with van der Waals surface area (Å²) < 4.78 is 5.63. The fourth-order valence-corrected chi connectivity index (χ4v) is 2.88. The number of para-hydroxylation sites is 1. The molecule has 0 amide bonds. The molecule has 3 nitrogen and oxygen atoms in total. The molecule has 0 aliphatic carbocycles. The SMILES string of the molecule is CC(C)N1CCC(C(O)COc2ccccc2Cl)CC1. The van der Waals surface area contributed by atoms with Gasteiger partial charge >= 0.3 is 0 Å². The van der Waals surface area contributed by atoms with Crippen molar-refractivity contribution >= 4 is 11.6 Å². The summed E-state index contributed by atoms with van der Waals surface area (Å²) in [6, 6.07) is 7.97. The summed E-state index contributed by atoms with van der Waals surface area (Å²) in [6.07, 6.45) is 1.65. The molecule has 1 aromatic carbocycles. The van der Waals surface area contributed by atoms with Crippen LogP contribution in [0.25, 0.3) is 0 Å². The van der Waals surface area contributed by atoms with Gasteiger partial charge in [0.1, 0.15) is 12.4 Å². The third kappa shape index (κ3) is 4.11. The van der Waals surface area contributed by atoms with Crippen LogP contribution in [0.2, 0.25) is 5.02 Å². The molecule has 1 saturated heterocycles. The van der Waals surface area contributed by atoms with E-state index in [4.69, 9.17) is 16.3 Å². The van der Waals surface area contributed by atoms with Gasteiger partial charge in [-0.2, -0.15) is 0 Å². The first-order valence-electron chi connectivity index (χ1n) is 7.37. The molecule has 1 fully saturated rings. The van der Waals surface area contributed by atoms with Crippen molar-refractivity contribution in [2.24, 2.45) is 5.92 Å². The predicted octanol–water partition coefficient (Wildman–Crippen LogP) is 3.20. The number of aliphatic hydroxyl groups is 1. The number of hydrogen-bond acceptors (Lipinski definition) is 3. The van der Waals surface area contributed by atoms with E-state index in [1.54, 1.807) is 6.07 Å². The van der Waals surface area contributed by atoms with Crippen molar-refractivity contribution in [2.75, 3.05) is 19.7 Å². The first kappa shape index (κ1) is 15.6. The first-order chi connectivity index (χ1) is 9.58. The van der Waals surface area contributed by atoms with E-state index in [0.717, 1.165) is 25.9 Å². The predicted molar refractivity (Wildman–Crippen MR) is 82.4 cm³/mol. The zero-order valence-electron chi connectivity index (χ0n) is 12.3. The lowest BCUT2D eigenvalue weighted by atomic mass is 9.91. The minimum atomic E-state index is -0.416. The van der Waals surface area contributed by atoms with Gasteiger partial charge in [-0.05, 0) is 57.8 Å². The molecule has 1 heterocycles. The molecular formula is C16H24ClNO2. The van der Waals surface area contributed by atoms with Crippen LogP contribution in [0, 0.1) is 5.92 Å². The number of nitrogens with zero attached hydrogens (tertiary/aromatic N) is 1. The Morgan fingerprint density at radius 3 is 2.55 bits per heavy atom. The highest BCUT2D eigenvalue weighted by Gasteiger charge is 2.26. The third-order valence-corrected chi connectivity index (χ3v) is 4.41. The molecule has 1 aliphatic heterocycles. The lowest BCUT2D eigenvalue weighted by Crippen LogP contribution is -2.42. The molecule has 1 N–H and O–H groups in total. The van der Waals surface area contributed by atoms with Gasteiger partial charge in [0.2, 0.25) is 0 Å². The van der Waals surface area contributed by atoms with Gasteiger partial charge < -0.3 is 14.7 Å². The molecule has 4 heteroatoms. The maximum absolute atomic E-state index is 10.3. The standard InChI is InChI=1S/C16H24ClNO2/c1-12(2)18-9-7-13(8-10-18)15(19)11-20-16-6-4-3-5-14(16)17/h3-6,12-13,15,19H,7-11H2,1-2H3. The number of halogens is 1. The number of ether oxygens (including phenoxy) is 1. The third-order valence-electron chi connectivity index (χ3n) is 4.09. The van der Waals surface area contributed by atoms with Crippen LogP contribution < -0.4 is 4.74 Å². The molecule has 1 unspecified atom stereocenters. The van der Waals surface area contributed by atoms with Crippen molar-refractivity contribution in [3.63, 3.8) is 0 Å². The second-order valence-electron chi connectivity index (χ2n) is 5.78. The van der Waals surface area contributed by atoms with Gasteiger partial charge in [-0.3, -0.25) is 0 Å². The van der Waals surface area contributed by atoms with Gasteiger partial charge in [-0.1, -0.05) is 23.7 Å². The molecule has 0 spiro atoms. The average molecular weight is 298 g/mol. The Hall–Kier alpha value is -0.770. The summed E-state index contributed by atoms with van der Waals surface area (Å²) >= 11 is 6.03. The van der Waals surface area contributed by atoms with Gasteiger partial charge in [-0.25, -0.2) is 0 Å². The van der Waals surface area contributed by atoms with Crippen molar-refractivity contribution in [3.05, 3.63) is 29.3 Å². The second-order valence-corrected chi connectivity index (χ2v) is 6.18. The van der Waals surface area contributed by atoms with Crippen molar-refractivity contribution < 1.29 is 9.84 Å². The van der Waals surface area contributed by atoms with Gasteiger partial charge in [-0.15, -0.1) is 0 Å². The van der Waals surface area contributed by atoms with Crippen molar-refractivity contribution in [2.45, 2.75) is 38.8 Å². The van der Waals surface area contributed by atoms with E-state index in [9.17, 15) is 5.11 Å². The average Bonchev–Trinajstić information content (AvgIpc) is 2.46. The summed E-state index contributed by atoms with van der Waals surface area (Å²) in [5.41, 5.74) is 0. The van der Waals surface area contributed by atoms with Crippen LogP contribution in [0.4, 0.5) is 0 Å². The van der Waals surface area contributed by atoms with Crippen molar-refractivity contribution in [1.29, 1.82) is 0 Å². The number of aliphatic hydroxyl groups excluding tert-OH is 1. The summed E-state index contributed by atoms with van der Waals surface area (Å²) in [5, 5.41) is 10.9. The molecule has 112 valence electrons. The van der Waals surface area contributed by atoms with Gasteiger partial charge in [0.25, 0.3) is 0 Å². The van der Waals surface area contributed by atoms with Crippen LogP contribution in [-0.4, -0.2) is 41.8 Å². The Balaban J connectivity index is 1.79.